The van der Waals surface area contributed by atoms with Gasteiger partial charge in [0.1, 0.15) is 5.75 Å². The van der Waals surface area contributed by atoms with Gasteiger partial charge in [-0.3, -0.25) is 9.48 Å². The Hall–Kier alpha value is -2.86. The summed E-state index contributed by atoms with van der Waals surface area (Å²) in [6.45, 7) is 3.46. The maximum atomic E-state index is 12.7. The largest absolute Gasteiger partial charge is 0.497 e. The van der Waals surface area contributed by atoms with E-state index in [4.69, 9.17) is 9.47 Å². The van der Waals surface area contributed by atoms with Crippen molar-refractivity contribution in [2.24, 2.45) is 0 Å². The molecule has 1 unspecified atom stereocenters. The fraction of sp³-hybridized carbons (Fsp3) is 0.364. The number of carbonyl (C=O) groups is 1. The fourth-order valence-corrected chi connectivity index (χ4v) is 3.57. The van der Waals surface area contributed by atoms with Crippen LogP contribution in [-0.4, -0.2) is 35.5 Å². The lowest BCUT2D eigenvalue weighted by molar-refractivity contribution is -0.117. The number of nitrogens with zero attached hydrogens (tertiary/aromatic N) is 2. The van der Waals surface area contributed by atoms with Crippen molar-refractivity contribution in [2.45, 2.75) is 38.3 Å². The van der Waals surface area contributed by atoms with Gasteiger partial charge in [0.15, 0.2) is 0 Å². The van der Waals surface area contributed by atoms with Crippen LogP contribution in [0.4, 0.5) is 5.69 Å². The number of amides is 1. The van der Waals surface area contributed by atoms with Crippen LogP contribution in [0.5, 0.6) is 5.75 Å². The van der Waals surface area contributed by atoms with Crippen LogP contribution < -0.4 is 10.1 Å². The molecular formula is C22H25N3O3. The van der Waals surface area contributed by atoms with Crippen molar-refractivity contribution in [1.29, 1.82) is 0 Å². The number of methoxy groups -OCH3 is 1. The fourth-order valence-electron chi connectivity index (χ4n) is 3.57. The highest BCUT2D eigenvalue weighted by Gasteiger charge is 2.18. The number of nitrogens with one attached hydrogen (secondary N) is 1. The number of ether oxygens (including phenoxy) is 2. The van der Waals surface area contributed by atoms with Gasteiger partial charge in [0.05, 0.1) is 37.6 Å². The van der Waals surface area contributed by atoms with Crippen molar-refractivity contribution in [3.8, 4) is 5.75 Å². The molecule has 1 N–H and O–H groups in total. The lowest BCUT2D eigenvalue weighted by Gasteiger charge is -2.13. The monoisotopic (exact) mass is 379 g/mol. The maximum Gasteiger partial charge on any atom is 0.231 e. The number of anilines is 1. The number of hydrogen-bond acceptors (Lipinski definition) is 4. The number of benzene rings is 2. The molecule has 1 aromatic heterocycles. The van der Waals surface area contributed by atoms with E-state index in [1.807, 2.05) is 48.1 Å². The highest BCUT2D eigenvalue weighted by Crippen LogP contribution is 2.26. The first-order chi connectivity index (χ1) is 13.6. The molecule has 0 radical (unpaired) electrons. The van der Waals surface area contributed by atoms with Gasteiger partial charge < -0.3 is 14.8 Å². The smallest absolute Gasteiger partial charge is 0.231 e. The van der Waals surface area contributed by atoms with Crippen LogP contribution in [-0.2, 0) is 16.1 Å². The second-order valence-corrected chi connectivity index (χ2v) is 7.27. The Labute approximate surface area is 164 Å². The van der Waals surface area contributed by atoms with Crippen molar-refractivity contribution < 1.29 is 14.3 Å². The molecule has 6 nitrogen and oxygen atoms in total. The van der Waals surface area contributed by atoms with Crippen LogP contribution >= 0.6 is 0 Å². The van der Waals surface area contributed by atoms with Gasteiger partial charge in [-0.1, -0.05) is 24.3 Å². The summed E-state index contributed by atoms with van der Waals surface area (Å²) < 4.78 is 12.7. The zero-order valence-electron chi connectivity index (χ0n) is 16.2. The summed E-state index contributed by atoms with van der Waals surface area (Å²) in [5.74, 6) is 0.503. The molecule has 146 valence electrons. The average molecular weight is 379 g/mol. The SMILES string of the molecule is COc1ccc2cc([C@H](C)C(=O)Nc3cnn(CC4CCCO4)c3)ccc2c1. The molecule has 0 bridgehead atoms. The van der Waals surface area contributed by atoms with Gasteiger partial charge >= 0.3 is 0 Å². The Morgan fingerprint density at radius 2 is 2.14 bits per heavy atom. The summed E-state index contributed by atoms with van der Waals surface area (Å²) in [6, 6.07) is 12.0. The first kappa shape index (κ1) is 18.5. The standard InChI is InChI=1S/C22H25N3O3/c1-15(16-5-6-18-11-20(27-2)8-7-17(18)10-16)22(26)24-19-12-23-25(13-19)14-21-4-3-9-28-21/h5-8,10-13,15,21H,3-4,9,14H2,1-2H3,(H,24,26)/t15-,21?/m0/s1. The first-order valence-electron chi connectivity index (χ1n) is 9.65. The van der Waals surface area contributed by atoms with Crippen LogP contribution in [0.25, 0.3) is 10.8 Å². The van der Waals surface area contributed by atoms with Gasteiger partial charge in [0.2, 0.25) is 5.91 Å². The minimum absolute atomic E-state index is 0.0514. The lowest BCUT2D eigenvalue weighted by Crippen LogP contribution is -2.18. The summed E-state index contributed by atoms with van der Waals surface area (Å²) in [6.07, 6.45) is 5.93. The highest BCUT2D eigenvalue weighted by atomic mass is 16.5. The van der Waals surface area contributed by atoms with E-state index in [-0.39, 0.29) is 17.9 Å². The van der Waals surface area contributed by atoms with Crippen LogP contribution in [0.15, 0.2) is 48.8 Å². The van der Waals surface area contributed by atoms with Crippen molar-refractivity contribution >= 4 is 22.4 Å². The molecule has 2 heterocycles. The lowest BCUT2D eigenvalue weighted by atomic mass is 9.97. The highest BCUT2D eigenvalue weighted by molar-refractivity contribution is 5.96. The normalized spacial score (nSPS) is 17.6. The number of carbonyl (C=O) groups excluding carboxylic acids is 1. The van der Waals surface area contributed by atoms with Gasteiger partial charge in [0.25, 0.3) is 0 Å². The zero-order valence-corrected chi connectivity index (χ0v) is 16.2. The first-order valence-corrected chi connectivity index (χ1v) is 9.65. The van der Waals surface area contributed by atoms with Gasteiger partial charge in [-0.15, -0.1) is 0 Å². The Morgan fingerprint density at radius 1 is 1.32 bits per heavy atom. The second-order valence-electron chi connectivity index (χ2n) is 7.27. The van der Waals surface area contributed by atoms with Crippen molar-refractivity contribution in [1.82, 2.24) is 9.78 Å². The Morgan fingerprint density at radius 3 is 2.93 bits per heavy atom. The van der Waals surface area contributed by atoms with Crippen LogP contribution in [0.1, 0.15) is 31.2 Å². The van der Waals surface area contributed by atoms with Gasteiger partial charge in [-0.25, -0.2) is 0 Å². The van der Waals surface area contributed by atoms with E-state index < -0.39 is 0 Å². The van der Waals surface area contributed by atoms with E-state index in [0.29, 0.717) is 5.69 Å². The van der Waals surface area contributed by atoms with E-state index >= 15 is 0 Å². The molecule has 28 heavy (non-hydrogen) atoms. The Kier molecular flexibility index (Phi) is 5.30. The van der Waals surface area contributed by atoms with Gasteiger partial charge in [-0.2, -0.15) is 5.10 Å². The molecule has 0 aliphatic carbocycles. The van der Waals surface area contributed by atoms with E-state index in [2.05, 4.69) is 16.5 Å². The molecular weight excluding hydrogens is 354 g/mol. The molecule has 1 saturated heterocycles. The van der Waals surface area contributed by atoms with E-state index in [1.165, 1.54) is 0 Å². The van der Waals surface area contributed by atoms with E-state index in [1.54, 1.807) is 13.3 Å². The summed E-state index contributed by atoms with van der Waals surface area (Å²) in [7, 11) is 1.66. The predicted octanol–water partition coefficient (Wildman–Crippen LogP) is 3.97. The molecule has 2 aromatic carbocycles. The van der Waals surface area contributed by atoms with E-state index in [9.17, 15) is 4.79 Å². The third-order valence-electron chi connectivity index (χ3n) is 5.28. The topological polar surface area (TPSA) is 65.4 Å². The summed E-state index contributed by atoms with van der Waals surface area (Å²) in [4.78, 5) is 12.7. The van der Waals surface area contributed by atoms with Crippen molar-refractivity contribution in [3.05, 3.63) is 54.4 Å². The molecule has 2 atom stereocenters. The van der Waals surface area contributed by atoms with Crippen LogP contribution in [0.2, 0.25) is 0 Å². The molecule has 0 spiro atoms. The summed E-state index contributed by atoms with van der Waals surface area (Å²) >= 11 is 0. The quantitative estimate of drug-likeness (QED) is 0.704. The minimum atomic E-state index is -0.270. The number of aromatic nitrogens is 2. The second kappa shape index (κ2) is 8.02. The van der Waals surface area contributed by atoms with Crippen LogP contribution in [0, 0.1) is 0 Å². The molecule has 1 amide bonds. The molecule has 1 fully saturated rings. The summed E-state index contributed by atoms with van der Waals surface area (Å²) in [5, 5.41) is 9.48. The maximum absolute atomic E-state index is 12.7. The van der Waals surface area contributed by atoms with Crippen molar-refractivity contribution in [2.75, 3.05) is 19.0 Å². The zero-order chi connectivity index (χ0) is 19.5. The van der Waals surface area contributed by atoms with Gasteiger partial charge in [0, 0.05) is 12.8 Å². The molecule has 3 aromatic rings. The molecule has 1 aliphatic heterocycles. The Bertz CT molecular complexity index is 976. The average Bonchev–Trinajstić information content (AvgIpc) is 3.39. The van der Waals surface area contributed by atoms with Crippen LogP contribution in [0.3, 0.4) is 0 Å². The number of hydrogen-bond donors (Lipinski definition) is 1. The van der Waals surface area contributed by atoms with Gasteiger partial charge in [-0.05, 0) is 48.2 Å². The minimum Gasteiger partial charge on any atom is -0.497 e. The molecule has 4 rings (SSSR count). The van der Waals surface area contributed by atoms with E-state index in [0.717, 1.165) is 48.1 Å². The number of fused-ring (bicyclic) bond motifs is 1. The third-order valence-corrected chi connectivity index (χ3v) is 5.28. The molecule has 1 aliphatic rings. The van der Waals surface area contributed by atoms with Crippen molar-refractivity contribution in [3.63, 3.8) is 0 Å². The predicted molar refractivity (Wildman–Crippen MR) is 109 cm³/mol. The third kappa shape index (κ3) is 4.02. The summed E-state index contributed by atoms with van der Waals surface area (Å²) in [5.41, 5.74) is 1.68. The molecule has 6 heteroatoms. The number of rotatable bonds is 6. The Balaban J connectivity index is 1.43. The molecule has 0 saturated carbocycles.